The first-order valence-corrected chi connectivity index (χ1v) is 16.2. The Labute approximate surface area is 281 Å². The molecule has 1 aromatic heterocycles. The molecule has 2 aliphatic heterocycles. The standard InChI is InChI=1S/C30H31Cl2FN2O4S.C2HF3O2/c1-35-26(11-10-20-8-4-12-40-20)30(21-14-23(33)22(32)15-24(21)34-29(30)39)27(17-5-2-6-18(31)13-17)28(35)25(38)9-3-7-19(37)16-36;3-2(4,5)1(6)7/h2,4-6,8,12-15,19,26-28,36-37H,3,7,9-11,16H2,1H3,(H,34,39);(H,6,7)/t19-,26+,27-,28-,30-;/m0./s1. The zero-order chi connectivity index (χ0) is 34.7. The SMILES string of the molecule is CN1[C@@H](C(=O)CCC[C@H](O)CO)[C@H](c2cccc(Cl)c2)[C@@]2(C(=O)Nc3cc(Cl)c(F)cc32)[C@H]1CCc1cccs1.O=C(O)C(F)(F)F. The molecule has 1 saturated heterocycles. The molecule has 1 fully saturated rings. The Kier molecular flexibility index (Phi) is 11.7. The van der Waals surface area contributed by atoms with Crippen molar-refractivity contribution < 1.29 is 47.3 Å². The van der Waals surface area contributed by atoms with Gasteiger partial charge in [0.2, 0.25) is 5.91 Å². The van der Waals surface area contributed by atoms with Crippen LogP contribution in [-0.2, 0) is 26.2 Å². The van der Waals surface area contributed by atoms with Crippen LogP contribution in [0.2, 0.25) is 10.0 Å². The number of hydrogen-bond acceptors (Lipinski definition) is 7. The van der Waals surface area contributed by atoms with Gasteiger partial charge in [0.05, 0.1) is 23.8 Å². The molecule has 254 valence electrons. The summed E-state index contributed by atoms with van der Waals surface area (Å²) < 4.78 is 46.8. The van der Waals surface area contributed by atoms with E-state index < -0.39 is 47.5 Å². The summed E-state index contributed by atoms with van der Waals surface area (Å²) in [6.45, 7) is -0.373. The van der Waals surface area contributed by atoms with Gasteiger partial charge < -0.3 is 20.6 Å². The van der Waals surface area contributed by atoms with E-state index in [4.69, 9.17) is 33.1 Å². The van der Waals surface area contributed by atoms with E-state index in [1.54, 1.807) is 29.5 Å². The zero-order valence-corrected chi connectivity index (χ0v) is 27.3. The monoisotopic (exact) mass is 718 g/mol. The first-order chi connectivity index (χ1) is 22.1. The molecular formula is C32H32Cl2F4N2O6S. The van der Waals surface area contributed by atoms with Crippen LogP contribution in [0.3, 0.4) is 0 Å². The summed E-state index contributed by atoms with van der Waals surface area (Å²) >= 11 is 14.2. The maximum Gasteiger partial charge on any atom is 0.490 e. The molecule has 0 aliphatic carbocycles. The number of benzene rings is 2. The number of nitrogens with zero attached hydrogens (tertiary/aromatic N) is 1. The van der Waals surface area contributed by atoms with E-state index in [0.29, 0.717) is 41.1 Å². The number of thiophene rings is 1. The highest BCUT2D eigenvalue weighted by Gasteiger charge is 2.67. The average molecular weight is 720 g/mol. The van der Waals surface area contributed by atoms with Gasteiger partial charge in [-0.1, -0.05) is 41.4 Å². The van der Waals surface area contributed by atoms with Crippen LogP contribution >= 0.6 is 34.5 Å². The molecular weight excluding hydrogens is 687 g/mol. The first-order valence-electron chi connectivity index (χ1n) is 14.5. The number of halogens is 6. The van der Waals surface area contributed by atoms with E-state index in [-0.39, 0.29) is 36.2 Å². The van der Waals surface area contributed by atoms with Crippen molar-refractivity contribution in [3.05, 3.63) is 85.8 Å². The van der Waals surface area contributed by atoms with Gasteiger partial charge in [0.15, 0.2) is 5.78 Å². The lowest BCUT2D eigenvalue weighted by molar-refractivity contribution is -0.192. The predicted molar refractivity (Wildman–Crippen MR) is 170 cm³/mol. The van der Waals surface area contributed by atoms with Crippen LogP contribution in [0.5, 0.6) is 0 Å². The number of ketones is 1. The molecule has 1 amide bonds. The van der Waals surface area contributed by atoms with Gasteiger partial charge in [0.25, 0.3) is 0 Å². The Morgan fingerprint density at radius 1 is 1.15 bits per heavy atom. The quantitative estimate of drug-likeness (QED) is 0.184. The van der Waals surface area contributed by atoms with Gasteiger partial charge in [-0.05, 0) is 79.6 Å². The number of fused-ring (bicyclic) bond motifs is 2. The smallest absolute Gasteiger partial charge is 0.475 e. The fourth-order valence-electron chi connectivity index (χ4n) is 6.66. The number of hydrogen-bond donors (Lipinski definition) is 4. The van der Waals surface area contributed by atoms with Crippen molar-refractivity contribution in [2.24, 2.45) is 0 Å². The zero-order valence-electron chi connectivity index (χ0n) is 24.9. The van der Waals surface area contributed by atoms with Gasteiger partial charge in [-0.15, -0.1) is 11.3 Å². The van der Waals surface area contributed by atoms with Gasteiger partial charge in [0, 0.05) is 34.0 Å². The third kappa shape index (κ3) is 7.65. The highest BCUT2D eigenvalue weighted by Crippen LogP contribution is 2.59. The van der Waals surface area contributed by atoms with E-state index in [0.717, 1.165) is 4.88 Å². The molecule has 0 radical (unpaired) electrons. The molecule has 2 aromatic carbocycles. The number of carbonyl (C=O) groups excluding carboxylic acids is 2. The lowest BCUT2D eigenvalue weighted by atomic mass is 9.63. The number of likely N-dealkylation sites (tertiary alicyclic amines) is 1. The predicted octanol–water partition coefficient (Wildman–Crippen LogP) is 6.21. The number of aliphatic hydroxyl groups excluding tert-OH is 2. The van der Waals surface area contributed by atoms with Crippen molar-refractivity contribution in [2.45, 2.75) is 67.8 Å². The lowest BCUT2D eigenvalue weighted by Crippen LogP contribution is -2.48. The highest BCUT2D eigenvalue weighted by molar-refractivity contribution is 7.09. The van der Waals surface area contributed by atoms with E-state index >= 15 is 4.39 Å². The fraction of sp³-hybridized carbons (Fsp3) is 0.406. The second-order valence-electron chi connectivity index (χ2n) is 11.4. The molecule has 4 N–H and O–H groups in total. The van der Waals surface area contributed by atoms with Gasteiger partial charge in [0.1, 0.15) is 11.2 Å². The van der Waals surface area contributed by atoms with Crippen molar-refractivity contribution in [2.75, 3.05) is 19.0 Å². The molecule has 0 unspecified atom stereocenters. The Morgan fingerprint density at radius 2 is 1.85 bits per heavy atom. The van der Waals surface area contributed by atoms with Crippen molar-refractivity contribution in [3.8, 4) is 0 Å². The van der Waals surface area contributed by atoms with E-state index in [1.165, 1.54) is 12.1 Å². The number of rotatable bonds is 10. The van der Waals surface area contributed by atoms with Gasteiger partial charge >= 0.3 is 12.1 Å². The number of anilines is 1. The fourth-order valence-corrected chi connectivity index (χ4v) is 7.75. The van der Waals surface area contributed by atoms with Gasteiger partial charge in [-0.3, -0.25) is 14.5 Å². The number of Topliss-reactive ketones (excluding diaryl/α,β-unsaturated/α-hetero) is 1. The molecule has 15 heteroatoms. The van der Waals surface area contributed by atoms with E-state index in [1.807, 2.05) is 35.5 Å². The van der Waals surface area contributed by atoms with Crippen LogP contribution < -0.4 is 5.32 Å². The van der Waals surface area contributed by atoms with Crippen LogP contribution in [0.25, 0.3) is 0 Å². The maximum absolute atomic E-state index is 15.1. The molecule has 3 aromatic rings. The van der Waals surface area contributed by atoms with Crippen molar-refractivity contribution >= 4 is 57.9 Å². The maximum atomic E-state index is 15.1. The second kappa shape index (κ2) is 15.0. The molecule has 0 saturated carbocycles. The highest BCUT2D eigenvalue weighted by atomic mass is 35.5. The Bertz CT molecular complexity index is 1610. The van der Waals surface area contributed by atoms with E-state index in [2.05, 4.69) is 5.32 Å². The summed E-state index contributed by atoms with van der Waals surface area (Å²) in [5.41, 5.74) is 0.350. The molecule has 1 spiro atoms. The van der Waals surface area contributed by atoms with Crippen molar-refractivity contribution in [3.63, 3.8) is 0 Å². The molecule has 5 rings (SSSR count). The Morgan fingerprint density at radius 3 is 2.45 bits per heavy atom. The summed E-state index contributed by atoms with van der Waals surface area (Å²) in [4.78, 5) is 40.3. The van der Waals surface area contributed by atoms with Crippen LogP contribution in [0.1, 0.15) is 47.6 Å². The minimum absolute atomic E-state index is 0.0908. The number of alkyl halides is 3. The topological polar surface area (TPSA) is 127 Å². The first kappa shape index (κ1) is 36.8. The average Bonchev–Trinajstić information content (AvgIpc) is 3.68. The molecule has 5 atom stereocenters. The van der Waals surface area contributed by atoms with Gasteiger partial charge in [-0.25, -0.2) is 9.18 Å². The van der Waals surface area contributed by atoms with E-state index in [9.17, 15) is 33.0 Å². The third-order valence-electron chi connectivity index (χ3n) is 8.59. The minimum Gasteiger partial charge on any atom is -0.475 e. The number of nitrogens with one attached hydrogen (secondary N) is 1. The molecule has 3 heterocycles. The number of carbonyl (C=O) groups is 3. The normalized spacial score (nSPS) is 22.8. The number of likely N-dealkylation sites (N-methyl/N-ethyl adjacent to an activating group) is 1. The number of aryl methyl sites for hydroxylation is 1. The van der Waals surface area contributed by atoms with Gasteiger partial charge in [-0.2, -0.15) is 13.2 Å². The number of aliphatic hydroxyl groups is 2. The summed E-state index contributed by atoms with van der Waals surface area (Å²) in [5.74, 6) is -4.45. The molecule has 0 bridgehead atoms. The minimum atomic E-state index is -5.08. The molecule has 2 aliphatic rings. The van der Waals surface area contributed by atoms with Crippen LogP contribution in [-0.4, -0.2) is 75.9 Å². The summed E-state index contributed by atoms with van der Waals surface area (Å²) in [6.07, 6.45) is -3.94. The number of amides is 1. The van der Waals surface area contributed by atoms with Crippen molar-refractivity contribution in [1.82, 2.24) is 4.90 Å². The van der Waals surface area contributed by atoms with Crippen LogP contribution in [0.4, 0.5) is 23.2 Å². The third-order valence-corrected chi connectivity index (χ3v) is 10.0. The second-order valence-corrected chi connectivity index (χ2v) is 13.3. The number of aliphatic carboxylic acids is 1. The van der Waals surface area contributed by atoms with Crippen LogP contribution in [0, 0.1) is 5.82 Å². The lowest BCUT2D eigenvalue weighted by Gasteiger charge is -2.36. The van der Waals surface area contributed by atoms with Crippen LogP contribution in [0.15, 0.2) is 53.9 Å². The summed E-state index contributed by atoms with van der Waals surface area (Å²) in [5, 5.41) is 31.5. The number of carboxylic acid groups (broad SMARTS) is 1. The molecule has 47 heavy (non-hydrogen) atoms. The largest absolute Gasteiger partial charge is 0.490 e. The summed E-state index contributed by atoms with van der Waals surface area (Å²) in [6, 6.07) is 12.8. The number of carboxylic acids is 1. The Hall–Kier alpha value is -3.07. The van der Waals surface area contributed by atoms with Crippen molar-refractivity contribution in [1.29, 1.82) is 0 Å². The Balaban J connectivity index is 0.000000644. The summed E-state index contributed by atoms with van der Waals surface area (Å²) in [7, 11) is 1.86. The molecule has 8 nitrogen and oxygen atoms in total.